The fraction of sp³-hybridized carbons (Fsp3) is 0.238. The zero-order valence-corrected chi connectivity index (χ0v) is 18.2. The van der Waals surface area contributed by atoms with E-state index in [9.17, 15) is 13.2 Å². The van der Waals surface area contributed by atoms with Gasteiger partial charge in [0.1, 0.15) is 0 Å². The summed E-state index contributed by atoms with van der Waals surface area (Å²) < 4.78 is 34.2. The van der Waals surface area contributed by atoms with E-state index < -0.39 is 15.0 Å². The lowest BCUT2D eigenvalue weighted by atomic mass is 10.1. The number of anilines is 2. The zero-order chi connectivity index (χ0) is 22.0. The number of aromatic nitrogens is 1. The quantitative estimate of drug-likeness (QED) is 0.440. The van der Waals surface area contributed by atoms with E-state index in [1.165, 1.54) is 19.2 Å². The minimum absolute atomic E-state index is 0.0420. The first-order valence-electron chi connectivity index (χ1n) is 9.51. The van der Waals surface area contributed by atoms with Crippen molar-refractivity contribution in [1.82, 2.24) is 10.3 Å². The normalized spacial score (nSPS) is 16.8. The molecule has 1 fully saturated rings. The Balaban J connectivity index is 1.87. The third-order valence-corrected chi connectivity index (χ3v) is 6.31. The number of pyridine rings is 1. The number of nitrogens with zero attached hydrogens (tertiary/aromatic N) is 1. The maximum absolute atomic E-state index is 12.2. The second-order valence-corrected chi connectivity index (χ2v) is 9.52. The van der Waals surface area contributed by atoms with Crippen molar-refractivity contribution >= 4 is 48.0 Å². The third-order valence-electron chi connectivity index (χ3n) is 4.96. The van der Waals surface area contributed by atoms with Crippen LogP contribution in [0.15, 0.2) is 53.4 Å². The predicted octanol–water partition coefficient (Wildman–Crippen LogP) is 3.35. The molecule has 0 amide bonds. The number of carbonyl (C=O) groups excluding carboxylic acids is 1. The van der Waals surface area contributed by atoms with Gasteiger partial charge in [-0.05, 0) is 36.4 Å². The van der Waals surface area contributed by atoms with E-state index in [1.807, 2.05) is 6.07 Å². The monoisotopic (exact) mass is 461 g/mol. The number of para-hydroxylation sites is 1. The molecule has 8 nitrogen and oxygen atoms in total. The van der Waals surface area contributed by atoms with Crippen molar-refractivity contribution in [1.29, 1.82) is 0 Å². The molecule has 1 saturated heterocycles. The van der Waals surface area contributed by atoms with Crippen molar-refractivity contribution in [2.75, 3.05) is 32.2 Å². The maximum atomic E-state index is 12.2. The van der Waals surface area contributed by atoms with Crippen LogP contribution in [0.4, 0.5) is 11.4 Å². The second kappa shape index (κ2) is 8.80. The van der Waals surface area contributed by atoms with Crippen LogP contribution in [0.3, 0.4) is 0 Å². The molecule has 2 heterocycles. The molecule has 2 N–H and O–H groups in total. The highest BCUT2D eigenvalue weighted by Crippen LogP contribution is 2.32. The standard InChI is InChI=1S/C21H20ClN3O5S/c1-29-21(26)14-4-2-3-5-16(14)24-18-11-19(20-12-30-9-8-23-20)25-17-7-6-13(10-15(17)18)31(22,27)28/h2-7,10-11,20,23H,8-9,12H2,1H3,(H,24,25). The maximum Gasteiger partial charge on any atom is 0.339 e. The summed E-state index contributed by atoms with van der Waals surface area (Å²) in [6, 6.07) is 13.1. The molecule has 1 aromatic heterocycles. The lowest BCUT2D eigenvalue weighted by Gasteiger charge is -2.24. The first-order chi connectivity index (χ1) is 14.9. The largest absolute Gasteiger partial charge is 0.465 e. The van der Waals surface area contributed by atoms with E-state index in [2.05, 4.69) is 15.6 Å². The summed E-state index contributed by atoms with van der Waals surface area (Å²) in [7, 11) is 2.93. The van der Waals surface area contributed by atoms with Gasteiger partial charge >= 0.3 is 5.97 Å². The van der Waals surface area contributed by atoms with Gasteiger partial charge in [-0.1, -0.05) is 12.1 Å². The third kappa shape index (κ3) is 4.64. The van der Waals surface area contributed by atoms with Gasteiger partial charge in [0, 0.05) is 28.3 Å². The van der Waals surface area contributed by atoms with Crippen LogP contribution in [0.2, 0.25) is 0 Å². The van der Waals surface area contributed by atoms with E-state index >= 15 is 0 Å². The molecule has 1 atom stereocenters. The SMILES string of the molecule is COC(=O)c1ccccc1Nc1cc(C2COCCN2)nc2ccc(S(=O)(=O)Cl)cc12. The molecule has 1 unspecified atom stereocenters. The van der Waals surface area contributed by atoms with Crippen molar-refractivity contribution in [2.24, 2.45) is 0 Å². The number of rotatable bonds is 5. The van der Waals surface area contributed by atoms with Crippen molar-refractivity contribution in [3.63, 3.8) is 0 Å². The van der Waals surface area contributed by atoms with Gasteiger partial charge in [-0.3, -0.25) is 4.98 Å². The molecule has 0 bridgehead atoms. The Bertz CT molecular complexity index is 1240. The highest BCUT2D eigenvalue weighted by atomic mass is 35.7. The fourth-order valence-electron chi connectivity index (χ4n) is 3.44. The zero-order valence-electron chi connectivity index (χ0n) is 16.6. The van der Waals surface area contributed by atoms with Crippen LogP contribution >= 0.6 is 10.7 Å². The van der Waals surface area contributed by atoms with Crippen LogP contribution in [0.1, 0.15) is 22.1 Å². The summed E-state index contributed by atoms with van der Waals surface area (Å²) >= 11 is 0. The summed E-state index contributed by atoms with van der Waals surface area (Å²) in [5.74, 6) is -0.493. The average molecular weight is 462 g/mol. The minimum Gasteiger partial charge on any atom is -0.465 e. The summed E-state index contributed by atoms with van der Waals surface area (Å²) in [6.45, 7) is 1.78. The van der Waals surface area contributed by atoms with Crippen LogP contribution in [0, 0.1) is 0 Å². The Labute approximate surface area is 183 Å². The van der Waals surface area contributed by atoms with Crippen LogP contribution in [-0.4, -0.2) is 46.2 Å². The van der Waals surface area contributed by atoms with Crippen molar-refractivity contribution in [2.45, 2.75) is 10.9 Å². The first kappa shape index (κ1) is 21.5. The number of benzene rings is 2. The van der Waals surface area contributed by atoms with Gasteiger partial charge in [-0.25, -0.2) is 13.2 Å². The number of esters is 1. The van der Waals surface area contributed by atoms with E-state index in [-0.39, 0.29) is 10.9 Å². The van der Waals surface area contributed by atoms with Gasteiger partial charge in [0.15, 0.2) is 0 Å². The van der Waals surface area contributed by atoms with Crippen LogP contribution in [0.5, 0.6) is 0 Å². The summed E-state index contributed by atoms with van der Waals surface area (Å²) in [4.78, 5) is 16.8. The predicted molar refractivity (Wildman–Crippen MR) is 117 cm³/mol. The van der Waals surface area contributed by atoms with E-state index in [1.54, 1.807) is 30.3 Å². The first-order valence-corrected chi connectivity index (χ1v) is 11.8. The molecular weight excluding hydrogens is 442 g/mol. The number of fused-ring (bicyclic) bond motifs is 1. The molecule has 0 radical (unpaired) electrons. The van der Waals surface area contributed by atoms with Gasteiger partial charge in [0.25, 0.3) is 9.05 Å². The van der Waals surface area contributed by atoms with E-state index in [0.29, 0.717) is 47.6 Å². The minimum atomic E-state index is -3.93. The number of hydrogen-bond donors (Lipinski definition) is 2. The van der Waals surface area contributed by atoms with E-state index in [4.69, 9.17) is 20.2 Å². The van der Waals surface area contributed by atoms with Gasteiger partial charge in [0.2, 0.25) is 0 Å². The molecule has 1 aliphatic rings. The Morgan fingerprint density at radius 3 is 2.74 bits per heavy atom. The summed E-state index contributed by atoms with van der Waals surface area (Å²) in [5, 5.41) is 7.14. The molecule has 162 valence electrons. The molecule has 10 heteroatoms. The van der Waals surface area contributed by atoms with Crippen LogP contribution in [0.25, 0.3) is 10.9 Å². The number of nitrogens with one attached hydrogen (secondary N) is 2. The Kier molecular flexibility index (Phi) is 6.10. The molecule has 0 saturated carbocycles. The van der Waals surface area contributed by atoms with E-state index in [0.717, 1.165) is 5.69 Å². The molecule has 31 heavy (non-hydrogen) atoms. The lowest BCUT2D eigenvalue weighted by molar-refractivity contribution is 0.0602. The van der Waals surface area contributed by atoms with Gasteiger partial charge in [-0.15, -0.1) is 0 Å². The molecular formula is C21H20ClN3O5S. The Hall–Kier alpha value is -2.72. The number of hydrogen-bond acceptors (Lipinski definition) is 8. The smallest absolute Gasteiger partial charge is 0.339 e. The second-order valence-electron chi connectivity index (χ2n) is 6.96. The van der Waals surface area contributed by atoms with Crippen molar-refractivity contribution in [3.05, 3.63) is 59.8 Å². The molecule has 1 aliphatic heterocycles. The molecule has 3 aromatic rings. The number of morpholine rings is 1. The molecule has 0 aliphatic carbocycles. The summed E-state index contributed by atoms with van der Waals surface area (Å²) in [5.41, 5.74) is 2.74. The topological polar surface area (TPSA) is 107 Å². The van der Waals surface area contributed by atoms with Gasteiger partial charge < -0.3 is 20.1 Å². The fourth-order valence-corrected chi connectivity index (χ4v) is 4.22. The highest BCUT2D eigenvalue weighted by molar-refractivity contribution is 8.13. The number of halogens is 1. The highest BCUT2D eigenvalue weighted by Gasteiger charge is 2.21. The van der Waals surface area contributed by atoms with Gasteiger partial charge in [-0.2, -0.15) is 0 Å². The molecule has 4 rings (SSSR count). The average Bonchev–Trinajstić information content (AvgIpc) is 2.78. The van der Waals surface area contributed by atoms with Crippen molar-refractivity contribution < 1.29 is 22.7 Å². The summed E-state index contributed by atoms with van der Waals surface area (Å²) in [6.07, 6.45) is 0. The molecule has 0 spiro atoms. The Morgan fingerprint density at radius 2 is 2.03 bits per heavy atom. The van der Waals surface area contributed by atoms with Crippen LogP contribution < -0.4 is 10.6 Å². The van der Waals surface area contributed by atoms with Gasteiger partial charge in [0.05, 0.1) is 53.7 Å². The lowest BCUT2D eigenvalue weighted by Crippen LogP contribution is -2.35. The van der Waals surface area contributed by atoms with Crippen molar-refractivity contribution in [3.8, 4) is 0 Å². The number of ether oxygens (including phenoxy) is 2. The Morgan fingerprint density at radius 1 is 1.23 bits per heavy atom. The number of carbonyl (C=O) groups is 1. The molecule has 2 aromatic carbocycles. The number of methoxy groups -OCH3 is 1. The van der Waals surface area contributed by atoms with Crippen LogP contribution in [-0.2, 0) is 18.5 Å².